The van der Waals surface area contributed by atoms with Crippen molar-refractivity contribution < 1.29 is 23.8 Å². The molecule has 1 heterocycles. The van der Waals surface area contributed by atoms with Gasteiger partial charge in [-0.05, 0) is 41.3 Å². The van der Waals surface area contributed by atoms with E-state index in [1.54, 1.807) is 0 Å². The lowest BCUT2D eigenvalue weighted by Crippen LogP contribution is -2.63. The summed E-state index contributed by atoms with van der Waals surface area (Å²) in [5, 5.41) is 22.6. The van der Waals surface area contributed by atoms with Crippen molar-refractivity contribution in [3.05, 3.63) is 0 Å². The third-order valence-electron chi connectivity index (χ3n) is 8.51. The molecule has 0 spiro atoms. The first-order valence-corrected chi connectivity index (χ1v) is 22.8. The third kappa shape index (κ3) is 7.64. The molecule has 1 aliphatic rings. The second-order valence-corrected chi connectivity index (χ2v) is 32.9. The van der Waals surface area contributed by atoms with Crippen molar-refractivity contribution in [1.82, 2.24) is 0 Å². The van der Waals surface area contributed by atoms with E-state index in [1.807, 2.05) is 11.2 Å². The van der Waals surface area contributed by atoms with Crippen LogP contribution in [0.1, 0.15) is 62.3 Å². The molecule has 33 heavy (non-hydrogen) atoms. The van der Waals surface area contributed by atoms with Crippen LogP contribution in [0, 0.1) is 0 Å². The molecule has 2 N–H and O–H groups in total. The summed E-state index contributed by atoms with van der Waals surface area (Å²) in [4.78, 5) is 0. The first kappa shape index (κ1) is 31.8. The van der Waals surface area contributed by atoms with Gasteiger partial charge in [0.2, 0.25) is 0 Å². The van der Waals surface area contributed by atoms with Crippen molar-refractivity contribution in [3.8, 4) is 0 Å². The molecular formula is C24H54O5SSi3. The largest absolute Gasteiger partial charge is 0.414 e. The van der Waals surface area contributed by atoms with E-state index in [2.05, 4.69) is 102 Å². The topological polar surface area (TPSA) is 68.2 Å². The van der Waals surface area contributed by atoms with E-state index >= 15 is 0 Å². The number of aliphatic hydroxyl groups excluding tert-OH is 2. The maximum absolute atomic E-state index is 11.3. The van der Waals surface area contributed by atoms with Crippen LogP contribution < -0.4 is 0 Å². The highest BCUT2D eigenvalue weighted by atomic mass is 32.4. The van der Waals surface area contributed by atoms with Crippen LogP contribution >= 0.6 is 11.2 Å². The van der Waals surface area contributed by atoms with E-state index in [-0.39, 0.29) is 27.2 Å². The molecule has 5 atom stereocenters. The van der Waals surface area contributed by atoms with E-state index < -0.39 is 48.3 Å². The fourth-order valence-corrected chi connectivity index (χ4v) is 10.0. The summed E-state index contributed by atoms with van der Waals surface area (Å²) in [5.41, 5.74) is -0.341. The molecule has 5 nitrogen and oxygen atoms in total. The number of hydrogen-bond donors (Lipinski definition) is 2. The van der Waals surface area contributed by atoms with Gasteiger partial charge in [-0.15, -0.1) is 0 Å². The van der Waals surface area contributed by atoms with E-state index in [4.69, 9.17) is 13.6 Å². The molecule has 1 aliphatic heterocycles. The standard InChI is InChI=1S/C24H54O5SSi3/c1-22(2,3)31(10,11)27-16-17-18(25)19(26)20(29-32(12,13)23(4,5)6)21(28-17)30-33(14,15)24(7,8)9/h17-21,25-26H,16H2,1-15H3/t17-,18-,19+,20-,21+/m1/s1. The summed E-state index contributed by atoms with van der Waals surface area (Å²) in [5.74, 6) is 0. The highest BCUT2D eigenvalue weighted by molar-refractivity contribution is 8.29. The molecule has 0 unspecified atom stereocenters. The van der Waals surface area contributed by atoms with Gasteiger partial charge in [0.1, 0.15) is 37.1 Å². The lowest BCUT2D eigenvalue weighted by Gasteiger charge is -2.50. The Morgan fingerprint density at radius 1 is 0.727 bits per heavy atom. The Morgan fingerprint density at radius 3 is 1.58 bits per heavy atom. The van der Waals surface area contributed by atoms with Gasteiger partial charge in [0.25, 0.3) is 0 Å². The summed E-state index contributed by atoms with van der Waals surface area (Å²) in [7, 11) is -6.03. The molecule has 0 radical (unpaired) electrons. The van der Waals surface area contributed by atoms with Crippen LogP contribution in [0.2, 0.25) is 54.4 Å². The Labute approximate surface area is 211 Å². The summed E-state index contributed by atoms with van der Waals surface area (Å²) < 4.78 is 19.7. The third-order valence-corrected chi connectivity index (χ3v) is 26.6. The zero-order valence-electron chi connectivity index (χ0n) is 24.1. The molecule has 1 rings (SSSR count). The monoisotopic (exact) mass is 538 g/mol. The molecular weight excluding hydrogens is 485 g/mol. The zero-order valence-corrected chi connectivity index (χ0v) is 27.9. The van der Waals surface area contributed by atoms with Crippen LogP contribution in [-0.4, -0.2) is 70.5 Å². The van der Waals surface area contributed by atoms with Crippen LogP contribution in [0.15, 0.2) is 0 Å². The fourth-order valence-electron chi connectivity index (χ4n) is 2.75. The van der Waals surface area contributed by atoms with Crippen LogP contribution in [0.4, 0.5) is 0 Å². The van der Waals surface area contributed by atoms with Crippen molar-refractivity contribution in [3.63, 3.8) is 0 Å². The SMILES string of the molecule is CC(C)(C)[Si](C)(C)OC[C@H]1O[C@@H](S[Si](C)(C)C(C)(C)C)[C@H](O[Si](C)(C)C(C)(C)C)[C@@H](O)[C@@H]1O. The average Bonchev–Trinajstić information content (AvgIpc) is 2.57. The maximum atomic E-state index is 11.3. The summed E-state index contributed by atoms with van der Waals surface area (Å²) in [6.07, 6.45) is -3.19. The van der Waals surface area contributed by atoms with Gasteiger partial charge in [-0.25, -0.2) is 0 Å². The van der Waals surface area contributed by atoms with Gasteiger partial charge in [0.15, 0.2) is 16.6 Å². The second kappa shape index (κ2) is 10.3. The molecule has 0 amide bonds. The predicted octanol–water partition coefficient (Wildman–Crippen LogP) is 6.58. The number of aliphatic hydroxyl groups is 2. The van der Waals surface area contributed by atoms with Crippen LogP contribution in [0.3, 0.4) is 0 Å². The highest BCUT2D eigenvalue weighted by Gasteiger charge is 2.53. The van der Waals surface area contributed by atoms with E-state index in [9.17, 15) is 10.2 Å². The van der Waals surface area contributed by atoms with Crippen molar-refractivity contribution in [2.45, 2.75) is 147 Å². The first-order valence-electron chi connectivity index (χ1n) is 12.4. The van der Waals surface area contributed by atoms with Gasteiger partial charge in [-0.2, -0.15) is 11.2 Å². The quantitative estimate of drug-likeness (QED) is 0.357. The van der Waals surface area contributed by atoms with Crippen LogP contribution in [0.5, 0.6) is 0 Å². The Bertz CT molecular complexity index is 648. The minimum Gasteiger partial charge on any atom is -0.414 e. The molecule has 0 aromatic rings. The van der Waals surface area contributed by atoms with Crippen molar-refractivity contribution in [2.24, 2.45) is 0 Å². The summed E-state index contributed by atoms with van der Waals surface area (Å²) in [6.45, 7) is 33.8. The highest BCUT2D eigenvalue weighted by Crippen LogP contribution is 2.49. The summed E-state index contributed by atoms with van der Waals surface area (Å²) in [6, 6.07) is 0. The molecule has 0 bridgehead atoms. The van der Waals surface area contributed by atoms with Gasteiger partial charge in [0, 0.05) is 0 Å². The number of hydrogen-bond acceptors (Lipinski definition) is 6. The molecule has 9 heteroatoms. The molecule has 1 saturated heterocycles. The van der Waals surface area contributed by atoms with Gasteiger partial charge in [0.05, 0.1) is 6.61 Å². The number of rotatable bonds is 7. The Hall–Kier alpha value is 0.801. The minimum absolute atomic E-state index is 0.00778. The van der Waals surface area contributed by atoms with Crippen LogP contribution in [0.25, 0.3) is 0 Å². The van der Waals surface area contributed by atoms with E-state index in [1.165, 1.54) is 0 Å². The molecule has 0 aromatic carbocycles. The molecule has 1 fully saturated rings. The van der Waals surface area contributed by atoms with Gasteiger partial charge in [-0.3, -0.25) is 0 Å². The average molecular weight is 539 g/mol. The lowest BCUT2D eigenvalue weighted by atomic mass is 10.0. The predicted molar refractivity (Wildman–Crippen MR) is 151 cm³/mol. The van der Waals surface area contributed by atoms with E-state index in [0.717, 1.165) is 0 Å². The van der Waals surface area contributed by atoms with Gasteiger partial charge < -0.3 is 23.8 Å². The summed E-state index contributed by atoms with van der Waals surface area (Å²) >= 11 is 1.84. The molecule has 198 valence electrons. The lowest BCUT2D eigenvalue weighted by molar-refractivity contribution is -0.200. The molecule has 0 saturated carbocycles. The fraction of sp³-hybridized carbons (Fsp3) is 1.00. The normalized spacial score (nSPS) is 28.8. The number of ether oxygens (including phenoxy) is 1. The van der Waals surface area contributed by atoms with Crippen molar-refractivity contribution in [1.29, 1.82) is 0 Å². The van der Waals surface area contributed by atoms with E-state index in [0.29, 0.717) is 0 Å². The first-order chi connectivity index (χ1) is 14.3. The molecule has 0 aromatic heterocycles. The smallest absolute Gasteiger partial charge is 0.192 e. The van der Waals surface area contributed by atoms with Gasteiger partial charge in [-0.1, -0.05) is 75.4 Å². The van der Waals surface area contributed by atoms with Crippen molar-refractivity contribution >= 4 is 35.1 Å². The van der Waals surface area contributed by atoms with Crippen molar-refractivity contribution in [2.75, 3.05) is 6.61 Å². The Morgan fingerprint density at radius 2 is 1.18 bits per heavy atom. The maximum Gasteiger partial charge on any atom is 0.192 e. The molecule has 0 aliphatic carbocycles. The second-order valence-electron chi connectivity index (χ2n) is 14.3. The zero-order chi connectivity index (χ0) is 26.4. The van der Waals surface area contributed by atoms with Gasteiger partial charge >= 0.3 is 0 Å². The van der Waals surface area contributed by atoms with Crippen LogP contribution in [-0.2, 0) is 13.6 Å². The Kier molecular flexibility index (Phi) is 9.92. The Balaban J connectivity index is 3.26. The minimum atomic E-state index is -2.20.